The lowest BCUT2D eigenvalue weighted by Crippen LogP contribution is -2.11. The van der Waals surface area contributed by atoms with E-state index in [1.165, 1.54) is 22.3 Å². The van der Waals surface area contributed by atoms with Gasteiger partial charge in [-0.3, -0.25) is 0 Å². The predicted molar refractivity (Wildman–Crippen MR) is 107 cm³/mol. The Kier molecular flexibility index (Phi) is 5.62. The summed E-state index contributed by atoms with van der Waals surface area (Å²) in [6.07, 6.45) is 13.7. The van der Waals surface area contributed by atoms with Crippen molar-refractivity contribution in [3.05, 3.63) is 65.3 Å². The third-order valence-corrected chi connectivity index (χ3v) is 6.46. The second kappa shape index (κ2) is 7.13. The lowest BCUT2D eigenvalue weighted by molar-refractivity contribution is 0.439. The minimum absolute atomic E-state index is 0.173. The number of hydrogen-bond donors (Lipinski definition) is 0. The lowest BCUT2D eigenvalue weighted by atomic mass is 9.81. The highest BCUT2D eigenvalue weighted by atomic mass is 32.2. The highest BCUT2D eigenvalue weighted by Crippen LogP contribution is 2.36. The molecule has 0 saturated carbocycles. The van der Waals surface area contributed by atoms with Gasteiger partial charge in [0.15, 0.2) is 0 Å². The van der Waals surface area contributed by atoms with Crippen LogP contribution in [0, 0.1) is 5.41 Å². The van der Waals surface area contributed by atoms with Crippen molar-refractivity contribution in [1.82, 2.24) is 0 Å². The Morgan fingerprint density at radius 1 is 0.957 bits per heavy atom. The summed E-state index contributed by atoms with van der Waals surface area (Å²) in [4.78, 5) is 0. The Bertz CT molecular complexity index is 624. The molecule has 0 aromatic heterocycles. The first kappa shape index (κ1) is 18.1. The van der Waals surface area contributed by atoms with Gasteiger partial charge in [-0.05, 0) is 60.6 Å². The van der Waals surface area contributed by atoms with Gasteiger partial charge in [-0.1, -0.05) is 69.3 Å². The molecule has 0 saturated heterocycles. The van der Waals surface area contributed by atoms with Gasteiger partial charge in [0.05, 0.1) is 0 Å². The molecule has 0 nitrogen and oxygen atoms in total. The van der Waals surface area contributed by atoms with Gasteiger partial charge in [0.1, 0.15) is 0 Å². The molecule has 23 heavy (non-hydrogen) atoms. The zero-order chi connectivity index (χ0) is 17.1. The zero-order valence-corrected chi connectivity index (χ0v) is 16.3. The average molecular weight is 327 g/mol. The van der Waals surface area contributed by atoms with Gasteiger partial charge in [0.2, 0.25) is 0 Å². The molecule has 0 fully saturated rings. The van der Waals surface area contributed by atoms with Crippen molar-refractivity contribution in [3.8, 4) is 0 Å². The van der Waals surface area contributed by atoms with Crippen LogP contribution in [0.5, 0.6) is 0 Å². The fraction of sp³-hybridized carbons (Fsp3) is 0.455. The molecule has 0 atom stereocenters. The molecular formula is C22H30S. The number of benzene rings is 1. The summed E-state index contributed by atoms with van der Waals surface area (Å²) in [5.74, 6) is 0. The van der Waals surface area contributed by atoms with E-state index in [1.807, 2.05) is 11.8 Å². The maximum Gasteiger partial charge on any atom is 0.0349 e. The number of hydrogen-bond acceptors (Lipinski definition) is 1. The monoisotopic (exact) mass is 326 g/mol. The Morgan fingerprint density at radius 3 is 2.17 bits per heavy atom. The van der Waals surface area contributed by atoms with E-state index in [-0.39, 0.29) is 10.2 Å². The van der Waals surface area contributed by atoms with Gasteiger partial charge in [-0.2, -0.15) is 11.8 Å². The predicted octanol–water partition coefficient (Wildman–Crippen LogP) is 6.99. The molecular weight excluding hydrogens is 296 g/mol. The van der Waals surface area contributed by atoms with Crippen LogP contribution in [0.2, 0.25) is 0 Å². The van der Waals surface area contributed by atoms with Crippen molar-refractivity contribution >= 4 is 17.3 Å². The van der Waals surface area contributed by atoms with Crippen LogP contribution in [-0.4, -0.2) is 6.26 Å². The lowest BCUT2D eigenvalue weighted by Gasteiger charge is -2.24. The van der Waals surface area contributed by atoms with Crippen molar-refractivity contribution in [2.75, 3.05) is 6.26 Å². The van der Waals surface area contributed by atoms with Crippen LogP contribution in [0.25, 0.3) is 5.57 Å². The van der Waals surface area contributed by atoms with Crippen molar-refractivity contribution in [3.63, 3.8) is 0 Å². The van der Waals surface area contributed by atoms with Crippen LogP contribution in [0.15, 0.2) is 54.1 Å². The van der Waals surface area contributed by atoms with Gasteiger partial charge in [-0.15, -0.1) is 0 Å². The fourth-order valence-corrected chi connectivity index (χ4v) is 3.10. The smallest absolute Gasteiger partial charge is 0.0349 e. The number of rotatable bonds is 5. The SMILES string of the molecule is CCC(C)(C)C1=CCC=C(c2ccc(C(C)(C)SC)cc2)C=C1. The van der Waals surface area contributed by atoms with E-state index >= 15 is 0 Å². The molecule has 1 aromatic carbocycles. The molecule has 2 rings (SSSR count). The number of allylic oxidation sites excluding steroid dienone is 6. The van der Waals surface area contributed by atoms with Crippen LogP contribution in [0.4, 0.5) is 0 Å². The molecule has 0 heterocycles. The van der Waals surface area contributed by atoms with E-state index in [0.29, 0.717) is 0 Å². The van der Waals surface area contributed by atoms with E-state index in [9.17, 15) is 0 Å². The fourth-order valence-electron chi connectivity index (χ4n) is 2.73. The van der Waals surface area contributed by atoms with Crippen LogP contribution in [0.3, 0.4) is 0 Å². The summed E-state index contributed by atoms with van der Waals surface area (Å²) < 4.78 is 0.173. The molecule has 0 N–H and O–H groups in total. The maximum atomic E-state index is 2.37. The number of thioether (sulfide) groups is 1. The van der Waals surface area contributed by atoms with Crippen LogP contribution in [-0.2, 0) is 4.75 Å². The summed E-state index contributed by atoms with van der Waals surface area (Å²) in [5, 5.41) is 0. The van der Waals surface area contributed by atoms with Crippen LogP contribution >= 0.6 is 11.8 Å². The normalized spacial score (nSPS) is 15.9. The Labute approximate surface area is 146 Å². The molecule has 1 aliphatic rings. The maximum absolute atomic E-state index is 2.37. The van der Waals surface area contributed by atoms with Gasteiger partial charge < -0.3 is 0 Å². The zero-order valence-electron chi connectivity index (χ0n) is 15.4. The summed E-state index contributed by atoms with van der Waals surface area (Å²) in [6.45, 7) is 11.5. The Morgan fingerprint density at radius 2 is 1.61 bits per heavy atom. The summed E-state index contributed by atoms with van der Waals surface area (Å²) in [7, 11) is 0. The molecule has 0 aliphatic heterocycles. The van der Waals surface area contributed by atoms with E-state index in [2.05, 4.69) is 89.4 Å². The molecule has 0 radical (unpaired) electrons. The van der Waals surface area contributed by atoms with Crippen LogP contribution in [0.1, 0.15) is 58.6 Å². The first-order valence-corrected chi connectivity index (χ1v) is 9.77. The molecule has 0 amide bonds. The molecule has 1 aliphatic carbocycles. The van der Waals surface area contributed by atoms with Crippen molar-refractivity contribution < 1.29 is 0 Å². The van der Waals surface area contributed by atoms with Gasteiger partial charge >= 0.3 is 0 Å². The molecule has 1 heteroatoms. The average Bonchev–Trinajstić information content (AvgIpc) is 2.81. The largest absolute Gasteiger partial charge is 0.154 e. The minimum atomic E-state index is 0.173. The highest BCUT2D eigenvalue weighted by molar-refractivity contribution is 7.99. The summed E-state index contributed by atoms with van der Waals surface area (Å²) >= 11 is 1.89. The van der Waals surface area contributed by atoms with Gasteiger partial charge in [0.25, 0.3) is 0 Å². The molecule has 0 spiro atoms. The second-order valence-electron chi connectivity index (χ2n) is 7.42. The summed E-state index contributed by atoms with van der Waals surface area (Å²) in [5.41, 5.74) is 5.73. The van der Waals surface area contributed by atoms with Crippen LogP contribution < -0.4 is 0 Å². The molecule has 124 valence electrons. The summed E-state index contributed by atoms with van der Waals surface area (Å²) in [6, 6.07) is 9.07. The minimum Gasteiger partial charge on any atom is -0.154 e. The van der Waals surface area contributed by atoms with Gasteiger partial charge in [0, 0.05) is 4.75 Å². The highest BCUT2D eigenvalue weighted by Gasteiger charge is 2.20. The third-order valence-electron chi connectivity index (χ3n) is 5.21. The Hall–Kier alpha value is -1.21. The van der Waals surface area contributed by atoms with E-state index in [4.69, 9.17) is 0 Å². The first-order chi connectivity index (χ1) is 10.8. The molecule has 0 bridgehead atoms. The van der Waals surface area contributed by atoms with E-state index in [1.54, 1.807) is 0 Å². The van der Waals surface area contributed by atoms with Gasteiger partial charge in [-0.25, -0.2) is 0 Å². The standard InChI is InChI=1S/C22H30S/c1-7-21(2,3)19-10-8-9-17(11-14-19)18-12-15-20(16-13-18)22(4,5)23-6/h9-16H,7-8H2,1-6H3. The van der Waals surface area contributed by atoms with E-state index in [0.717, 1.165) is 12.8 Å². The molecule has 1 aromatic rings. The topological polar surface area (TPSA) is 0 Å². The van der Waals surface area contributed by atoms with Crippen molar-refractivity contribution in [1.29, 1.82) is 0 Å². The third kappa shape index (κ3) is 4.20. The van der Waals surface area contributed by atoms with Crippen molar-refractivity contribution in [2.45, 2.75) is 52.2 Å². The quantitative estimate of drug-likeness (QED) is 0.562. The molecule has 0 unspecified atom stereocenters. The van der Waals surface area contributed by atoms with E-state index < -0.39 is 0 Å². The first-order valence-electron chi connectivity index (χ1n) is 8.55. The second-order valence-corrected chi connectivity index (χ2v) is 8.85. The Balaban J connectivity index is 2.21. The van der Waals surface area contributed by atoms with Crippen molar-refractivity contribution in [2.24, 2.45) is 5.41 Å².